The van der Waals surface area contributed by atoms with Gasteiger partial charge in [0.2, 0.25) is 0 Å². The molecule has 198 valence electrons. The van der Waals surface area contributed by atoms with E-state index in [4.69, 9.17) is 9.47 Å². The van der Waals surface area contributed by atoms with Gasteiger partial charge in [0, 0.05) is 24.1 Å². The molecule has 9 nitrogen and oxygen atoms in total. The summed E-state index contributed by atoms with van der Waals surface area (Å²) in [7, 11) is 0. The SMILES string of the molecule is O=C(c1ccc(O)cc1O)[C@@H]1[C@@H]2[C@H](O[C@H]1c1ccc(O)cc1)c1c(O)cc(O)cc1O[C@H]2c1ccc(O)cc1. The van der Waals surface area contributed by atoms with Crippen molar-refractivity contribution >= 4 is 5.78 Å². The molecule has 4 aromatic carbocycles. The topological polar surface area (TPSA) is 157 Å². The van der Waals surface area contributed by atoms with Crippen LogP contribution in [0.1, 0.15) is 45.4 Å². The lowest BCUT2D eigenvalue weighted by molar-refractivity contribution is -0.00891. The lowest BCUT2D eigenvalue weighted by Gasteiger charge is -2.37. The molecular weight excluding hydrogens is 504 g/mol. The smallest absolute Gasteiger partial charge is 0.173 e. The predicted molar refractivity (Wildman–Crippen MR) is 137 cm³/mol. The fourth-order valence-electron chi connectivity index (χ4n) is 5.65. The third-order valence-corrected chi connectivity index (χ3v) is 7.37. The van der Waals surface area contributed by atoms with E-state index in [1.165, 1.54) is 48.5 Å². The van der Waals surface area contributed by atoms with E-state index in [2.05, 4.69) is 0 Å². The molecule has 2 aliphatic rings. The molecule has 1 fully saturated rings. The monoisotopic (exact) mass is 528 g/mol. The summed E-state index contributed by atoms with van der Waals surface area (Å²) in [6.45, 7) is 0. The Bertz CT molecular complexity index is 1560. The zero-order chi connectivity index (χ0) is 27.4. The number of carbonyl (C=O) groups excluding carboxylic acids is 1. The molecule has 1 saturated heterocycles. The molecule has 2 heterocycles. The summed E-state index contributed by atoms with van der Waals surface area (Å²) < 4.78 is 12.9. The van der Waals surface area contributed by atoms with Gasteiger partial charge in [0.1, 0.15) is 46.4 Å². The number of hydrogen-bond acceptors (Lipinski definition) is 9. The van der Waals surface area contributed by atoms with Gasteiger partial charge in [-0.15, -0.1) is 0 Å². The minimum absolute atomic E-state index is 0.0250. The number of ketones is 1. The Hall–Kier alpha value is -4.89. The minimum Gasteiger partial charge on any atom is -0.508 e. The Labute approximate surface area is 222 Å². The second kappa shape index (κ2) is 9.14. The van der Waals surface area contributed by atoms with Gasteiger partial charge in [-0.05, 0) is 47.5 Å². The van der Waals surface area contributed by atoms with E-state index in [1.54, 1.807) is 24.3 Å². The van der Waals surface area contributed by atoms with Gasteiger partial charge in [-0.25, -0.2) is 0 Å². The highest BCUT2D eigenvalue weighted by Crippen LogP contribution is 2.62. The molecule has 5 atom stereocenters. The van der Waals surface area contributed by atoms with Crippen molar-refractivity contribution in [2.24, 2.45) is 11.8 Å². The lowest BCUT2D eigenvalue weighted by atomic mass is 9.72. The number of carbonyl (C=O) groups is 1. The van der Waals surface area contributed by atoms with Crippen LogP contribution in [0.15, 0.2) is 78.9 Å². The second-order valence-electron chi connectivity index (χ2n) is 9.74. The van der Waals surface area contributed by atoms with E-state index >= 15 is 0 Å². The number of fused-ring (bicyclic) bond motifs is 3. The molecule has 39 heavy (non-hydrogen) atoms. The van der Waals surface area contributed by atoms with Crippen molar-refractivity contribution in [3.05, 3.63) is 101 Å². The van der Waals surface area contributed by atoms with Crippen LogP contribution in [0, 0.1) is 11.8 Å². The van der Waals surface area contributed by atoms with Gasteiger partial charge >= 0.3 is 0 Å². The number of rotatable bonds is 4. The quantitative estimate of drug-likeness (QED) is 0.201. The number of benzene rings is 4. The zero-order valence-corrected chi connectivity index (χ0v) is 20.3. The lowest BCUT2D eigenvalue weighted by Crippen LogP contribution is -2.35. The summed E-state index contributed by atoms with van der Waals surface area (Å²) in [6.07, 6.45) is -2.58. The number of phenols is 6. The van der Waals surface area contributed by atoms with E-state index in [1.807, 2.05) is 0 Å². The summed E-state index contributed by atoms with van der Waals surface area (Å²) in [5.74, 6) is -3.04. The van der Waals surface area contributed by atoms with Crippen molar-refractivity contribution in [3.63, 3.8) is 0 Å². The van der Waals surface area contributed by atoms with E-state index < -0.39 is 41.7 Å². The maximum atomic E-state index is 14.2. The average Bonchev–Trinajstić information content (AvgIpc) is 3.29. The fourth-order valence-corrected chi connectivity index (χ4v) is 5.65. The van der Waals surface area contributed by atoms with Gasteiger partial charge in [0.15, 0.2) is 5.78 Å². The molecule has 0 radical (unpaired) electrons. The van der Waals surface area contributed by atoms with Gasteiger partial charge in [-0.2, -0.15) is 0 Å². The molecule has 0 amide bonds. The number of Topliss-reactive ketones (excluding diaryl/α,β-unsaturated/α-hetero) is 1. The van der Waals surface area contributed by atoms with E-state index in [9.17, 15) is 35.4 Å². The van der Waals surface area contributed by atoms with E-state index in [-0.39, 0.29) is 45.6 Å². The first-order valence-electron chi connectivity index (χ1n) is 12.2. The number of phenolic OH excluding ortho intramolecular Hbond substituents is 6. The molecule has 9 heteroatoms. The molecule has 4 aromatic rings. The van der Waals surface area contributed by atoms with Crippen molar-refractivity contribution in [2.75, 3.05) is 0 Å². The molecule has 0 unspecified atom stereocenters. The molecule has 0 aromatic heterocycles. The van der Waals surface area contributed by atoms with Crippen molar-refractivity contribution in [2.45, 2.75) is 18.3 Å². The average molecular weight is 529 g/mol. The van der Waals surface area contributed by atoms with Gasteiger partial charge in [0.05, 0.1) is 29.3 Å². The summed E-state index contributed by atoms with van der Waals surface area (Å²) in [5.41, 5.74) is 1.42. The molecule has 2 aliphatic heterocycles. The van der Waals surface area contributed by atoms with Gasteiger partial charge < -0.3 is 40.1 Å². The summed E-state index contributed by atoms with van der Waals surface area (Å²) in [6, 6.07) is 18.7. The van der Waals surface area contributed by atoms with E-state index in [0.29, 0.717) is 11.1 Å². The third kappa shape index (κ3) is 4.13. The first-order chi connectivity index (χ1) is 18.7. The maximum absolute atomic E-state index is 14.2. The van der Waals surface area contributed by atoms with Crippen LogP contribution in [0.2, 0.25) is 0 Å². The van der Waals surface area contributed by atoms with Crippen molar-refractivity contribution in [3.8, 4) is 40.2 Å². The Morgan fingerprint density at radius 3 is 1.77 bits per heavy atom. The fraction of sp³-hybridized carbons (Fsp3) is 0.167. The van der Waals surface area contributed by atoms with Crippen LogP contribution in [0.25, 0.3) is 0 Å². The Balaban J connectivity index is 1.56. The Kier molecular flexibility index (Phi) is 5.73. The largest absolute Gasteiger partial charge is 0.508 e. The van der Waals surface area contributed by atoms with Crippen LogP contribution in [0.5, 0.6) is 40.2 Å². The van der Waals surface area contributed by atoms with Gasteiger partial charge in [0.25, 0.3) is 0 Å². The first-order valence-corrected chi connectivity index (χ1v) is 12.2. The number of aromatic hydroxyl groups is 6. The predicted octanol–water partition coefficient (Wildman–Crippen LogP) is 4.98. The van der Waals surface area contributed by atoms with Crippen LogP contribution in [0.3, 0.4) is 0 Å². The number of hydrogen-bond donors (Lipinski definition) is 6. The molecule has 6 N–H and O–H groups in total. The maximum Gasteiger partial charge on any atom is 0.173 e. The summed E-state index contributed by atoms with van der Waals surface area (Å²) in [5, 5.41) is 61.1. The molecule has 0 spiro atoms. The molecule has 0 aliphatic carbocycles. The van der Waals surface area contributed by atoms with Crippen molar-refractivity contribution in [1.82, 2.24) is 0 Å². The van der Waals surface area contributed by atoms with Crippen LogP contribution < -0.4 is 4.74 Å². The Morgan fingerprint density at radius 1 is 0.590 bits per heavy atom. The van der Waals surface area contributed by atoms with Gasteiger partial charge in [-0.1, -0.05) is 24.3 Å². The van der Waals surface area contributed by atoms with E-state index in [0.717, 1.165) is 6.07 Å². The van der Waals surface area contributed by atoms with Crippen LogP contribution in [0.4, 0.5) is 0 Å². The zero-order valence-electron chi connectivity index (χ0n) is 20.3. The molecular formula is C30H24O9. The summed E-state index contributed by atoms with van der Waals surface area (Å²) >= 11 is 0. The minimum atomic E-state index is -0.963. The highest BCUT2D eigenvalue weighted by atomic mass is 16.5. The van der Waals surface area contributed by atoms with Crippen molar-refractivity contribution in [1.29, 1.82) is 0 Å². The normalized spacial score (nSPS) is 23.4. The first kappa shape index (κ1) is 24.4. The Morgan fingerprint density at radius 2 is 1.15 bits per heavy atom. The van der Waals surface area contributed by atoms with Gasteiger partial charge in [-0.3, -0.25) is 4.79 Å². The van der Waals surface area contributed by atoms with Crippen LogP contribution >= 0.6 is 0 Å². The second-order valence-corrected chi connectivity index (χ2v) is 9.74. The summed E-state index contributed by atoms with van der Waals surface area (Å²) in [4.78, 5) is 14.2. The van der Waals surface area contributed by atoms with Crippen LogP contribution in [-0.4, -0.2) is 36.4 Å². The third-order valence-electron chi connectivity index (χ3n) is 7.37. The molecule has 0 bridgehead atoms. The van der Waals surface area contributed by atoms with Crippen LogP contribution in [-0.2, 0) is 4.74 Å². The highest BCUT2D eigenvalue weighted by Gasteiger charge is 2.57. The number of ether oxygens (including phenoxy) is 2. The standard InChI is InChI=1S/C30H24O9/c31-16-5-1-14(2-6-16)28-25(27(37)20-10-9-18(33)11-21(20)35)26-29(15-3-7-17(32)8-4-15)38-23-13-19(34)12-22(36)24(23)30(26)39-28/h1-13,25-26,28-36H/t25-,26-,28-,29-,30+/m0/s1. The van der Waals surface area contributed by atoms with Crippen molar-refractivity contribution < 1.29 is 44.9 Å². The molecule has 6 rings (SSSR count). The highest BCUT2D eigenvalue weighted by molar-refractivity contribution is 6.01. The molecule has 0 saturated carbocycles.